The zero-order valence-corrected chi connectivity index (χ0v) is 25.0. The summed E-state index contributed by atoms with van der Waals surface area (Å²) in [6, 6.07) is 14.8. The van der Waals surface area contributed by atoms with Gasteiger partial charge in [0.1, 0.15) is 5.84 Å². The molecule has 1 N–H and O–H groups in total. The molecule has 0 aliphatic rings. The van der Waals surface area contributed by atoms with Crippen LogP contribution in [0.15, 0.2) is 72.3 Å². The van der Waals surface area contributed by atoms with Gasteiger partial charge in [-0.25, -0.2) is 4.99 Å². The predicted octanol–water partition coefficient (Wildman–Crippen LogP) is 11.3. The van der Waals surface area contributed by atoms with E-state index in [4.69, 9.17) is 11.6 Å². The number of anilines is 1. The summed E-state index contributed by atoms with van der Waals surface area (Å²) in [5.41, 5.74) is 3.29. The van der Waals surface area contributed by atoms with Crippen LogP contribution in [-0.2, 0) is 0 Å². The van der Waals surface area contributed by atoms with Gasteiger partial charge >= 0.3 is 0 Å². The number of halogens is 1. The van der Waals surface area contributed by atoms with E-state index < -0.39 is 0 Å². The van der Waals surface area contributed by atoms with Gasteiger partial charge in [0.2, 0.25) is 0 Å². The highest BCUT2D eigenvalue weighted by atomic mass is 35.5. The predicted molar refractivity (Wildman–Crippen MR) is 170 cm³/mol. The molecule has 0 amide bonds. The van der Waals surface area contributed by atoms with Gasteiger partial charge in [0.05, 0.1) is 5.70 Å². The summed E-state index contributed by atoms with van der Waals surface area (Å²) in [6.45, 7) is 11.7. The van der Waals surface area contributed by atoms with Crippen molar-refractivity contribution in [2.45, 2.75) is 105 Å². The number of allylic oxidation sites excluding steroid dienone is 2. The first kappa shape index (κ1) is 33.4. The summed E-state index contributed by atoms with van der Waals surface area (Å²) in [4.78, 5) is 15.9. The number of benzene rings is 2. The lowest BCUT2D eigenvalue weighted by atomic mass is 10.1. The maximum Gasteiger partial charge on any atom is 0.159 e. The summed E-state index contributed by atoms with van der Waals surface area (Å²) in [5, 5.41) is 3.90. The molecule has 0 heterocycles. The number of rotatable bonds is 16. The van der Waals surface area contributed by atoms with E-state index in [0.29, 0.717) is 10.6 Å². The Hall–Kier alpha value is -2.65. The fraction of sp³-hybridized carbons (Fsp3) is 0.471. The average molecular weight is 537 g/mol. The standard InChI is InChI=1S/C20H19ClN2O.C14H30/c1-4-5-20(17-6-10-18(21)11-7-17)23-15(3)22-19-12-8-16(9-13-19)14(2)24;1-3-5-7-9-11-13-14-12-10-8-6-4-2/h4-13H,1H2,2-3H3,(H,22,23);3-14H2,1-2H3/b20-5-;. The minimum atomic E-state index is 0.0471. The number of aliphatic imine (C=N–C) groups is 1. The van der Waals surface area contributed by atoms with Crippen molar-refractivity contribution >= 4 is 34.6 Å². The van der Waals surface area contributed by atoms with Crippen LogP contribution >= 0.6 is 11.6 Å². The van der Waals surface area contributed by atoms with Crippen LogP contribution in [-0.4, -0.2) is 11.6 Å². The molecule has 0 unspecified atom stereocenters. The minimum Gasteiger partial charge on any atom is -0.344 e. The lowest BCUT2D eigenvalue weighted by molar-refractivity contribution is 0.101. The Balaban J connectivity index is 0.000000442. The van der Waals surface area contributed by atoms with Gasteiger partial charge in [-0.15, -0.1) is 0 Å². The van der Waals surface area contributed by atoms with Crippen molar-refractivity contribution in [1.82, 2.24) is 0 Å². The zero-order valence-electron chi connectivity index (χ0n) is 24.2. The third-order valence-electron chi connectivity index (χ3n) is 6.28. The highest BCUT2D eigenvalue weighted by Crippen LogP contribution is 2.20. The van der Waals surface area contributed by atoms with E-state index in [0.717, 1.165) is 22.8 Å². The molecule has 0 atom stereocenters. The maximum atomic E-state index is 11.3. The highest BCUT2D eigenvalue weighted by Gasteiger charge is 2.03. The molecule has 2 rings (SSSR count). The number of unbranched alkanes of at least 4 members (excludes halogenated alkanes) is 11. The molecule has 0 aromatic heterocycles. The van der Waals surface area contributed by atoms with Gasteiger partial charge in [-0.3, -0.25) is 4.79 Å². The molecular weight excluding hydrogens is 488 g/mol. The third kappa shape index (κ3) is 15.6. The van der Waals surface area contributed by atoms with E-state index in [-0.39, 0.29) is 5.78 Å². The molecule has 4 heteroatoms. The van der Waals surface area contributed by atoms with E-state index in [9.17, 15) is 4.79 Å². The fourth-order valence-corrected chi connectivity index (χ4v) is 4.18. The SMILES string of the molecule is C=C/C=C(\N=C(C)Nc1ccc(C(C)=O)cc1)c1ccc(Cl)cc1.CCCCCCCCCCCCCC. The Labute approximate surface area is 237 Å². The van der Waals surface area contributed by atoms with Crippen LogP contribution < -0.4 is 5.32 Å². The summed E-state index contributed by atoms with van der Waals surface area (Å²) >= 11 is 5.93. The van der Waals surface area contributed by atoms with Crippen LogP contribution in [0.5, 0.6) is 0 Å². The summed E-state index contributed by atoms with van der Waals surface area (Å²) in [7, 11) is 0. The first-order valence-corrected chi connectivity index (χ1v) is 14.8. The largest absolute Gasteiger partial charge is 0.344 e. The van der Waals surface area contributed by atoms with Crippen LogP contribution in [0, 0.1) is 0 Å². The molecule has 0 saturated carbocycles. The van der Waals surface area contributed by atoms with Gasteiger partial charge in [-0.2, -0.15) is 0 Å². The number of carbonyl (C=O) groups is 1. The average Bonchev–Trinajstić information content (AvgIpc) is 2.91. The number of amidine groups is 1. The molecule has 208 valence electrons. The fourth-order valence-electron chi connectivity index (χ4n) is 4.05. The number of nitrogens with zero attached hydrogens (tertiary/aromatic N) is 1. The Morgan fingerprint density at radius 2 is 1.21 bits per heavy atom. The van der Waals surface area contributed by atoms with E-state index >= 15 is 0 Å². The van der Waals surface area contributed by atoms with E-state index in [1.807, 2.05) is 49.4 Å². The molecule has 0 spiro atoms. The van der Waals surface area contributed by atoms with Crippen molar-refractivity contribution in [3.63, 3.8) is 0 Å². The topological polar surface area (TPSA) is 41.5 Å². The van der Waals surface area contributed by atoms with Crippen molar-refractivity contribution in [2.24, 2.45) is 4.99 Å². The Bertz CT molecular complexity index is 963. The van der Waals surface area contributed by atoms with Gasteiger partial charge in [0.25, 0.3) is 0 Å². The molecule has 0 radical (unpaired) electrons. The lowest BCUT2D eigenvalue weighted by Crippen LogP contribution is -2.07. The second-order valence-corrected chi connectivity index (χ2v) is 10.2. The molecule has 0 bridgehead atoms. The Kier molecular flexibility index (Phi) is 18.7. The zero-order chi connectivity index (χ0) is 28.0. The minimum absolute atomic E-state index is 0.0471. The molecular formula is C34H49ClN2O. The number of ketones is 1. The number of hydrogen-bond acceptors (Lipinski definition) is 2. The smallest absolute Gasteiger partial charge is 0.159 e. The van der Waals surface area contributed by atoms with Gasteiger partial charge in [0.15, 0.2) is 5.78 Å². The highest BCUT2D eigenvalue weighted by molar-refractivity contribution is 6.30. The molecule has 3 nitrogen and oxygen atoms in total. The van der Waals surface area contributed by atoms with Crippen LogP contribution in [0.1, 0.15) is 121 Å². The quantitative estimate of drug-likeness (QED) is 0.0761. The summed E-state index contributed by atoms with van der Waals surface area (Å²) < 4.78 is 0. The number of Topliss-reactive ketones (excluding diaryl/α,β-unsaturated/α-hetero) is 1. The normalized spacial score (nSPS) is 11.5. The van der Waals surface area contributed by atoms with E-state index in [2.05, 4.69) is 30.7 Å². The van der Waals surface area contributed by atoms with E-state index in [1.54, 1.807) is 25.1 Å². The van der Waals surface area contributed by atoms with Crippen LogP contribution in [0.3, 0.4) is 0 Å². The van der Waals surface area contributed by atoms with Crippen molar-refractivity contribution < 1.29 is 4.79 Å². The number of carbonyl (C=O) groups excluding carboxylic acids is 1. The molecule has 2 aromatic rings. The molecule has 2 aromatic carbocycles. The van der Waals surface area contributed by atoms with Crippen molar-refractivity contribution in [1.29, 1.82) is 0 Å². The van der Waals surface area contributed by atoms with Crippen LogP contribution in [0.4, 0.5) is 5.69 Å². The Morgan fingerprint density at radius 3 is 1.63 bits per heavy atom. The van der Waals surface area contributed by atoms with Gasteiger partial charge in [-0.05, 0) is 56.3 Å². The summed E-state index contributed by atoms with van der Waals surface area (Å²) in [6.07, 6.45) is 21.0. The number of hydrogen-bond donors (Lipinski definition) is 1. The first-order valence-electron chi connectivity index (χ1n) is 14.4. The number of nitrogens with one attached hydrogen (secondary N) is 1. The molecule has 0 fully saturated rings. The molecule has 38 heavy (non-hydrogen) atoms. The van der Waals surface area contributed by atoms with Crippen LogP contribution in [0.25, 0.3) is 5.70 Å². The Morgan fingerprint density at radius 1 is 0.763 bits per heavy atom. The maximum absolute atomic E-state index is 11.3. The van der Waals surface area contributed by atoms with Gasteiger partial charge in [0, 0.05) is 21.8 Å². The van der Waals surface area contributed by atoms with Gasteiger partial charge in [-0.1, -0.05) is 127 Å². The van der Waals surface area contributed by atoms with Crippen molar-refractivity contribution in [3.05, 3.63) is 83.4 Å². The summed E-state index contributed by atoms with van der Waals surface area (Å²) in [5.74, 6) is 0.777. The van der Waals surface area contributed by atoms with Crippen molar-refractivity contribution in [3.8, 4) is 0 Å². The molecule has 0 aliphatic carbocycles. The second kappa shape index (κ2) is 21.3. The monoisotopic (exact) mass is 536 g/mol. The first-order chi connectivity index (χ1) is 18.4. The van der Waals surface area contributed by atoms with E-state index in [1.165, 1.54) is 77.0 Å². The molecule has 0 saturated heterocycles. The van der Waals surface area contributed by atoms with Crippen molar-refractivity contribution in [2.75, 3.05) is 5.32 Å². The van der Waals surface area contributed by atoms with Crippen LogP contribution in [0.2, 0.25) is 5.02 Å². The third-order valence-corrected chi connectivity index (χ3v) is 6.53. The second-order valence-electron chi connectivity index (χ2n) is 9.79. The lowest BCUT2D eigenvalue weighted by Gasteiger charge is -2.08. The van der Waals surface area contributed by atoms with Gasteiger partial charge < -0.3 is 5.32 Å². The molecule has 0 aliphatic heterocycles.